The van der Waals surface area contributed by atoms with Crippen molar-refractivity contribution in [1.82, 2.24) is 0 Å². The molecule has 0 amide bonds. The Labute approximate surface area is 335 Å². The van der Waals surface area contributed by atoms with E-state index in [1.807, 2.05) is 97.1 Å². The highest BCUT2D eigenvalue weighted by molar-refractivity contribution is 6.99. The minimum Gasteiger partial charge on any atom is -0.405 e. The molecular formula is C45H54O11Si. The predicted molar refractivity (Wildman–Crippen MR) is 215 cm³/mol. The number of aliphatic hydroxyl groups is 3. The molecule has 0 aliphatic carbocycles. The van der Waals surface area contributed by atoms with Crippen molar-refractivity contribution in [2.75, 3.05) is 19.8 Å². The molecule has 3 aliphatic heterocycles. The smallest absolute Gasteiger partial charge is 0.261 e. The highest BCUT2D eigenvalue weighted by Gasteiger charge is 2.56. The van der Waals surface area contributed by atoms with E-state index in [1.165, 1.54) is 0 Å². The van der Waals surface area contributed by atoms with Gasteiger partial charge in [0.2, 0.25) is 0 Å². The third kappa shape index (κ3) is 9.03. The third-order valence-corrected chi connectivity index (χ3v) is 15.9. The molecule has 4 aromatic rings. The fourth-order valence-corrected chi connectivity index (χ4v) is 12.6. The summed E-state index contributed by atoms with van der Waals surface area (Å²) >= 11 is 0. The van der Waals surface area contributed by atoms with Gasteiger partial charge in [-0.1, -0.05) is 148 Å². The minimum absolute atomic E-state index is 0.0524. The molecule has 12 heteroatoms. The molecule has 7 rings (SSSR count). The number of rotatable bonds is 14. The summed E-state index contributed by atoms with van der Waals surface area (Å²) in [5.74, 6) is 0. The molecule has 4 aromatic carbocycles. The number of aliphatic hydroxyl groups excluding tert-OH is 3. The summed E-state index contributed by atoms with van der Waals surface area (Å²) in [4.78, 5) is 0. The molecule has 3 saturated heterocycles. The van der Waals surface area contributed by atoms with E-state index in [9.17, 15) is 15.3 Å². The Morgan fingerprint density at radius 1 is 0.702 bits per heavy atom. The molecule has 11 nitrogen and oxygen atoms in total. The highest BCUT2D eigenvalue weighted by atomic mass is 28.4. The largest absolute Gasteiger partial charge is 0.405 e. The summed E-state index contributed by atoms with van der Waals surface area (Å²) in [5, 5.41) is 37.0. The van der Waals surface area contributed by atoms with Gasteiger partial charge in [0.05, 0.1) is 26.4 Å². The molecule has 3 fully saturated rings. The number of fused-ring (bicyclic) bond motifs is 1. The number of ether oxygens (including phenoxy) is 7. The van der Waals surface area contributed by atoms with Crippen molar-refractivity contribution in [3.63, 3.8) is 0 Å². The van der Waals surface area contributed by atoms with Crippen molar-refractivity contribution >= 4 is 18.7 Å². The number of benzene rings is 4. The van der Waals surface area contributed by atoms with E-state index < -0.39 is 76.0 Å². The number of hydrogen-bond donors (Lipinski definition) is 3. The minimum atomic E-state index is -3.11. The molecule has 3 N–H and O–H groups in total. The summed E-state index contributed by atoms with van der Waals surface area (Å²) in [7, 11) is -3.11. The Kier molecular flexibility index (Phi) is 13.5. The molecule has 57 heavy (non-hydrogen) atoms. The van der Waals surface area contributed by atoms with E-state index in [-0.39, 0.29) is 31.5 Å². The Balaban J connectivity index is 1.18. The summed E-state index contributed by atoms with van der Waals surface area (Å²) in [6.45, 7) is 10.6. The van der Waals surface area contributed by atoms with Crippen LogP contribution >= 0.6 is 0 Å². The van der Waals surface area contributed by atoms with Gasteiger partial charge in [-0.2, -0.15) is 0 Å². The quantitative estimate of drug-likeness (QED) is 0.124. The molecular weight excluding hydrogens is 745 g/mol. The van der Waals surface area contributed by atoms with E-state index >= 15 is 0 Å². The first-order valence-electron chi connectivity index (χ1n) is 19.6. The SMILES string of the molecule is C=CCO[C@@H]1[C@@H](O)[C@H](O[C@H]2[C@H](O)[C@@H](O)[C@@H](OCc3ccccc3)O[C@@H]2CO[Si](c2ccccc2)(c2ccccc2)C(C)(C)C)O[C@@H]2COC(c3ccccc3)O[C@H]12. The normalized spacial score (nSPS) is 30.7. The van der Waals surface area contributed by atoms with Crippen LogP contribution in [0.3, 0.4) is 0 Å². The summed E-state index contributed by atoms with van der Waals surface area (Å²) in [5.41, 5.74) is 1.68. The zero-order chi connectivity index (χ0) is 40.0. The molecule has 3 heterocycles. The standard InChI is InChI=1S/C45H54O11Si/c1-5-26-49-41-38(48)44(54-34-28-51-42(56-40(34)41)31-20-12-7-13-21-31)55-39-35(53-43(37(47)36(39)46)50-27-30-18-10-6-11-19-30)29-52-57(45(2,3)4,32-22-14-8-15-23-32)33-24-16-9-17-25-33/h5-25,34-44,46-48H,1,26-29H2,2-4H3/t34-,35-,36-,37-,38-,39-,40+,41-,42?,43+,44+/m1/s1. The molecule has 0 bridgehead atoms. The molecule has 0 saturated carbocycles. The maximum Gasteiger partial charge on any atom is 0.261 e. The van der Waals surface area contributed by atoms with Crippen molar-refractivity contribution in [1.29, 1.82) is 0 Å². The van der Waals surface area contributed by atoms with Gasteiger partial charge in [0.25, 0.3) is 8.32 Å². The van der Waals surface area contributed by atoms with Crippen molar-refractivity contribution in [2.45, 2.75) is 100 Å². The average molecular weight is 799 g/mol. The maximum absolute atomic E-state index is 11.9. The van der Waals surface area contributed by atoms with Gasteiger partial charge in [0.1, 0.15) is 48.8 Å². The third-order valence-electron chi connectivity index (χ3n) is 10.9. The first-order chi connectivity index (χ1) is 27.6. The zero-order valence-electron chi connectivity index (χ0n) is 32.6. The van der Waals surface area contributed by atoms with E-state index in [2.05, 4.69) is 51.6 Å². The van der Waals surface area contributed by atoms with Crippen LogP contribution in [0.4, 0.5) is 0 Å². The van der Waals surface area contributed by atoms with Crippen LogP contribution in [-0.2, 0) is 44.2 Å². The Morgan fingerprint density at radius 3 is 1.89 bits per heavy atom. The van der Waals surface area contributed by atoms with Crippen LogP contribution in [0.5, 0.6) is 0 Å². The Bertz CT molecular complexity index is 1790. The second-order valence-corrected chi connectivity index (χ2v) is 20.0. The summed E-state index contributed by atoms with van der Waals surface area (Å²) in [6.07, 6.45) is -10.7. The van der Waals surface area contributed by atoms with Gasteiger partial charge < -0.3 is 52.9 Å². The van der Waals surface area contributed by atoms with Crippen molar-refractivity contribution in [3.05, 3.63) is 145 Å². The van der Waals surface area contributed by atoms with Crippen molar-refractivity contribution in [3.8, 4) is 0 Å². The van der Waals surface area contributed by atoms with Crippen LogP contribution in [0.1, 0.15) is 38.2 Å². The lowest BCUT2D eigenvalue weighted by atomic mass is 9.96. The fraction of sp³-hybridized carbons (Fsp3) is 0.422. The summed E-state index contributed by atoms with van der Waals surface area (Å²) in [6, 6.07) is 39.4. The molecule has 304 valence electrons. The number of hydrogen-bond acceptors (Lipinski definition) is 11. The Hall–Kier alpha value is -3.60. The average Bonchev–Trinajstić information content (AvgIpc) is 3.23. The van der Waals surface area contributed by atoms with Gasteiger partial charge in [-0.15, -0.1) is 6.58 Å². The maximum atomic E-state index is 11.9. The summed E-state index contributed by atoms with van der Waals surface area (Å²) < 4.78 is 51.4. The van der Waals surface area contributed by atoms with E-state index in [0.717, 1.165) is 21.5 Å². The van der Waals surface area contributed by atoms with Crippen LogP contribution in [0.2, 0.25) is 5.04 Å². The van der Waals surface area contributed by atoms with Crippen molar-refractivity contribution in [2.24, 2.45) is 0 Å². The topological polar surface area (TPSA) is 135 Å². The first kappa shape index (κ1) is 41.6. The highest BCUT2D eigenvalue weighted by Crippen LogP contribution is 2.40. The first-order valence-corrected chi connectivity index (χ1v) is 21.5. The monoisotopic (exact) mass is 798 g/mol. The second-order valence-electron chi connectivity index (χ2n) is 15.7. The lowest BCUT2D eigenvalue weighted by molar-refractivity contribution is -0.388. The fourth-order valence-electron chi connectivity index (χ4n) is 8.05. The molecule has 3 aliphatic rings. The van der Waals surface area contributed by atoms with E-state index in [1.54, 1.807) is 6.08 Å². The van der Waals surface area contributed by atoms with Gasteiger partial charge in [-0.3, -0.25) is 0 Å². The van der Waals surface area contributed by atoms with Crippen LogP contribution < -0.4 is 10.4 Å². The second kappa shape index (κ2) is 18.5. The van der Waals surface area contributed by atoms with Gasteiger partial charge in [-0.25, -0.2) is 0 Å². The molecule has 0 spiro atoms. The van der Waals surface area contributed by atoms with Gasteiger partial charge in [-0.05, 0) is 21.0 Å². The van der Waals surface area contributed by atoms with Crippen LogP contribution in [0.25, 0.3) is 0 Å². The molecule has 0 aromatic heterocycles. The van der Waals surface area contributed by atoms with Gasteiger partial charge in [0, 0.05) is 5.56 Å². The zero-order valence-corrected chi connectivity index (χ0v) is 33.6. The lowest BCUT2D eigenvalue weighted by Gasteiger charge is -2.50. The van der Waals surface area contributed by atoms with Gasteiger partial charge in [0.15, 0.2) is 18.9 Å². The van der Waals surface area contributed by atoms with Crippen LogP contribution in [0.15, 0.2) is 134 Å². The lowest BCUT2D eigenvalue weighted by Crippen LogP contribution is -2.69. The molecule has 11 atom stereocenters. The van der Waals surface area contributed by atoms with E-state index in [4.69, 9.17) is 37.6 Å². The Morgan fingerprint density at radius 2 is 1.30 bits per heavy atom. The predicted octanol–water partition coefficient (Wildman–Crippen LogP) is 4.38. The van der Waals surface area contributed by atoms with Gasteiger partial charge >= 0.3 is 0 Å². The molecule has 1 unspecified atom stereocenters. The van der Waals surface area contributed by atoms with Crippen LogP contribution in [0, 0.1) is 0 Å². The van der Waals surface area contributed by atoms with E-state index in [0.29, 0.717) is 0 Å². The van der Waals surface area contributed by atoms with Crippen LogP contribution in [-0.4, -0.2) is 105 Å². The van der Waals surface area contributed by atoms with Crippen molar-refractivity contribution < 1.29 is 52.9 Å². The molecule has 0 radical (unpaired) electrons.